The quantitative estimate of drug-likeness (QED) is 0.759. The number of hydrogen-bond acceptors (Lipinski definition) is 3. The first kappa shape index (κ1) is 13.6. The molecular formula is C13H16FNO2. The van der Waals surface area contributed by atoms with Crippen molar-refractivity contribution >= 4 is 0 Å². The van der Waals surface area contributed by atoms with Gasteiger partial charge in [-0.3, -0.25) is 0 Å². The monoisotopic (exact) mass is 237 g/mol. The van der Waals surface area contributed by atoms with Crippen molar-refractivity contribution in [2.24, 2.45) is 0 Å². The van der Waals surface area contributed by atoms with Crippen LogP contribution in [0.2, 0.25) is 0 Å². The van der Waals surface area contributed by atoms with Gasteiger partial charge in [-0.05, 0) is 23.6 Å². The molecule has 0 aliphatic heterocycles. The molecule has 1 aromatic rings. The number of hydrogen-bond donors (Lipinski definition) is 0. The van der Waals surface area contributed by atoms with Crippen LogP contribution >= 0.6 is 0 Å². The average molecular weight is 237 g/mol. The van der Waals surface area contributed by atoms with Gasteiger partial charge in [0.2, 0.25) is 0 Å². The highest BCUT2D eigenvalue weighted by molar-refractivity contribution is 5.24. The summed E-state index contributed by atoms with van der Waals surface area (Å²) in [5.74, 6) is -0.188. The van der Waals surface area contributed by atoms with Gasteiger partial charge in [0.15, 0.2) is 5.79 Å². The standard InChI is InChI=1S/C12H15FO2.CHN/c1-14-12(15-2)7-10(8-12)9-3-5-11(13)6-4-9;1-2/h3-6,10H,7-8H2,1-2H3;1H. The van der Waals surface area contributed by atoms with E-state index in [0.717, 1.165) is 18.4 Å². The molecule has 0 saturated heterocycles. The van der Waals surface area contributed by atoms with Crippen LogP contribution in [0.25, 0.3) is 0 Å². The Bertz CT molecular complexity index is 363. The molecule has 1 aliphatic carbocycles. The fourth-order valence-corrected chi connectivity index (χ4v) is 2.08. The van der Waals surface area contributed by atoms with Gasteiger partial charge in [0.1, 0.15) is 5.82 Å². The highest BCUT2D eigenvalue weighted by Crippen LogP contribution is 2.47. The second-order valence-corrected chi connectivity index (χ2v) is 3.98. The van der Waals surface area contributed by atoms with E-state index in [1.165, 1.54) is 12.1 Å². The molecule has 2 rings (SSSR count). The van der Waals surface area contributed by atoms with Crippen LogP contribution in [-0.4, -0.2) is 20.0 Å². The van der Waals surface area contributed by atoms with Gasteiger partial charge in [-0.2, -0.15) is 0 Å². The zero-order valence-corrected chi connectivity index (χ0v) is 10.0. The molecule has 0 N–H and O–H groups in total. The lowest BCUT2D eigenvalue weighted by atomic mass is 9.74. The molecule has 1 fully saturated rings. The summed E-state index contributed by atoms with van der Waals surface area (Å²) in [4.78, 5) is 0. The van der Waals surface area contributed by atoms with E-state index in [1.54, 1.807) is 14.2 Å². The van der Waals surface area contributed by atoms with Gasteiger partial charge in [0, 0.05) is 33.6 Å². The largest absolute Gasteiger partial charge is 0.353 e. The molecule has 0 unspecified atom stereocenters. The van der Waals surface area contributed by atoms with Crippen LogP contribution in [0.4, 0.5) is 4.39 Å². The predicted octanol–water partition coefficient (Wildman–Crippen LogP) is 2.83. The maximum Gasteiger partial charge on any atom is 0.168 e. The molecule has 3 nitrogen and oxygen atoms in total. The summed E-state index contributed by atoms with van der Waals surface area (Å²) in [5.41, 5.74) is 1.15. The minimum absolute atomic E-state index is 0.192. The Balaban J connectivity index is 0.000000686. The van der Waals surface area contributed by atoms with Gasteiger partial charge in [-0.15, -0.1) is 0 Å². The van der Waals surface area contributed by atoms with E-state index < -0.39 is 5.79 Å². The first-order valence-corrected chi connectivity index (χ1v) is 5.31. The number of benzene rings is 1. The number of nitriles is 1. The van der Waals surface area contributed by atoms with Crippen molar-refractivity contribution in [3.8, 4) is 6.57 Å². The maximum atomic E-state index is 12.7. The fraction of sp³-hybridized carbons (Fsp3) is 0.462. The van der Waals surface area contributed by atoms with Crippen molar-refractivity contribution in [3.63, 3.8) is 0 Å². The molecular weight excluding hydrogens is 221 g/mol. The van der Waals surface area contributed by atoms with Crippen molar-refractivity contribution in [1.29, 1.82) is 5.26 Å². The summed E-state index contributed by atoms with van der Waals surface area (Å²) >= 11 is 0. The molecule has 0 bridgehead atoms. The number of ether oxygens (including phenoxy) is 2. The van der Waals surface area contributed by atoms with Crippen molar-refractivity contribution in [3.05, 3.63) is 35.6 Å². The molecule has 0 spiro atoms. The predicted molar refractivity (Wildman–Crippen MR) is 61.8 cm³/mol. The second-order valence-electron chi connectivity index (χ2n) is 3.98. The summed E-state index contributed by atoms with van der Waals surface area (Å²) in [5, 5.41) is 6.50. The maximum absolute atomic E-state index is 12.7. The summed E-state index contributed by atoms with van der Waals surface area (Å²) < 4.78 is 23.3. The lowest BCUT2D eigenvalue weighted by molar-refractivity contribution is -0.257. The highest BCUT2D eigenvalue weighted by Gasteiger charge is 2.45. The van der Waals surface area contributed by atoms with E-state index in [-0.39, 0.29) is 5.82 Å². The second kappa shape index (κ2) is 5.76. The fourth-order valence-electron chi connectivity index (χ4n) is 2.08. The summed E-state index contributed by atoms with van der Waals surface area (Å²) in [7, 11) is 3.31. The van der Waals surface area contributed by atoms with Crippen LogP contribution in [0.1, 0.15) is 24.3 Å². The van der Waals surface area contributed by atoms with Crippen LogP contribution in [0.15, 0.2) is 24.3 Å². The molecule has 0 atom stereocenters. The summed E-state index contributed by atoms with van der Waals surface area (Å²) in [6.45, 7) is 3.50. The van der Waals surface area contributed by atoms with Gasteiger partial charge in [0.25, 0.3) is 0 Å². The third kappa shape index (κ3) is 2.82. The summed E-state index contributed by atoms with van der Waals surface area (Å²) in [6.07, 6.45) is 1.68. The Morgan fingerprint density at radius 2 is 1.65 bits per heavy atom. The Labute approximate surface area is 101 Å². The minimum atomic E-state index is -0.418. The smallest absolute Gasteiger partial charge is 0.168 e. The van der Waals surface area contributed by atoms with E-state index in [2.05, 4.69) is 6.57 Å². The zero-order chi connectivity index (χ0) is 12.9. The highest BCUT2D eigenvalue weighted by atomic mass is 19.1. The van der Waals surface area contributed by atoms with E-state index in [0.29, 0.717) is 5.92 Å². The van der Waals surface area contributed by atoms with Crippen LogP contribution in [0, 0.1) is 17.7 Å². The minimum Gasteiger partial charge on any atom is -0.353 e. The molecule has 1 aromatic carbocycles. The summed E-state index contributed by atoms with van der Waals surface area (Å²) in [6, 6.07) is 6.65. The number of nitrogens with zero attached hydrogens (tertiary/aromatic N) is 1. The first-order chi connectivity index (χ1) is 8.19. The Morgan fingerprint density at radius 1 is 1.18 bits per heavy atom. The van der Waals surface area contributed by atoms with E-state index in [9.17, 15) is 4.39 Å². The molecule has 0 radical (unpaired) electrons. The molecule has 0 aromatic heterocycles. The Kier molecular flexibility index (Phi) is 4.62. The molecule has 92 valence electrons. The number of rotatable bonds is 3. The van der Waals surface area contributed by atoms with Gasteiger partial charge in [0.05, 0.1) is 0 Å². The van der Waals surface area contributed by atoms with Gasteiger partial charge >= 0.3 is 0 Å². The molecule has 0 amide bonds. The number of halogens is 1. The van der Waals surface area contributed by atoms with Crippen LogP contribution in [-0.2, 0) is 9.47 Å². The topological polar surface area (TPSA) is 42.2 Å². The first-order valence-electron chi connectivity index (χ1n) is 5.31. The third-order valence-corrected chi connectivity index (χ3v) is 3.20. The third-order valence-electron chi connectivity index (χ3n) is 3.20. The van der Waals surface area contributed by atoms with Crippen LogP contribution in [0.5, 0.6) is 0 Å². The molecule has 1 saturated carbocycles. The van der Waals surface area contributed by atoms with Crippen molar-refractivity contribution in [1.82, 2.24) is 0 Å². The SMILES string of the molecule is C#N.COC1(OC)CC(c2ccc(F)cc2)C1. The van der Waals surface area contributed by atoms with Gasteiger partial charge < -0.3 is 9.47 Å². The van der Waals surface area contributed by atoms with E-state index >= 15 is 0 Å². The van der Waals surface area contributed by atoms with E-state index in [4.69, 9.17) is 14.7 Å². The Morgan fingerprint density at radius 3 is 2.06 bits per heavy atom. The zero-order valence-electron chi connectivity index (χ0n) is 10.0. The Hall–Kier alpha value is -1.44. The normalized spacial score (nSPS) is 17.7. The van der Waals surface area contributed by atoms with Crippen molar-refractivity contribution in [2.75, 3.05) is 14.2 Å². The van der Waals surface area contributed by atoms with Crippen LogP contribution < -0.4 is 0 Å². The van der Waals surface area contributed by atoms with Crippen LogP contribution in [0.3, 0.4) is 0 Å². The molecule has 0 heterocycles. The lowest BCUT2D eigenvalue weighted by Gasteiger charge is -2.45. The molecule has 4 heteroatoms. The van der Waals surface area contributed by atoms with E-state index in [1.807, 2.05) is 12.1 Å². The van der Waals surface area contributed by atoms with Crippen molar-refractivity contribution < 1.29 is 13.9 Å². The van der Waals surface area contributed by atoms with Gasteiger partial charge in [-0.1, -0.05) is 12.1 Å². The van der Waals surface area contributed by atoms with Crippen molar-refractivity contribution in [2.45, 2.75) is 24.5 Å². The molecule has 17 heavy (non-hydrogen) atoms. The average Bonchev–Trinajstić information content (AvgIpc) is 2.34. The number of methoxy groups -OCH3 is 2. The van der Waals surface area contributed by atoms with Gasteiger partial charge in [-0.25, -0.2) is 9.65 Å². The molecule has 1 aliphatic rings. The lowest BCUT2D eigenvalue weighted by Crippen LogP contribution is -2.45.